The summed E-state index contributed by atoms with van der Waals surface area (Å²) in [5.74, 6) is 0.786. The Labute approximate surface area is 119 Å². The van der Waals surface area contributed by atoms with Crippen LogP contribution in [-0.4, -0.2) is 20.7 Å². The summed E-state index contributed by atoms with van der Waals surface area (Å²) in [7, 11) is 0. The molecule has 2 aromatic heterocycles. The third-order valence-electron chi connectivity index (χ3n) is 3.20. The van der Waals surface area contributed by atoms with Crippen LogP contribution >= 0.6 is 15.9 Å². The summed E-state index contributed by atoms with van der Waals surface area (Å²) in [6.07, 6.45) is 8.49. The zero-order chi connectivity index (χ0) is 13.2. The normalized spacial score (nSPS) is 14.9. The molecule has 4 nitrogen and oxygen atoms in total. The van der Waals surface area contributed by atoms with Gasteiger partial charge in [-0.1, -0.05) is 0 Å². The number of carbonyl (C=O) groups is 1. The van der Waals surface area contributed by atoms with Gasteiger partial charge in [0.15, 0.2) is 11.6 Å². The van der Waals surface area contributed by atoms with E-state index in [-0.39, 0.29) is 5.78 Å². The molecule has 3 rings (SSSR count). The summed E-state index contributed by atoms with van der Waals surface area (Å²) in [6, 6.07) is 1.92. The number of hydrogen-bond acceptors (Lipinski definition) is 4. The Morgan fingerprint density at radius 1 is 1.11 bits per heavy atom. The lowest BCUT2D eigenvalue weighted by molar-refractivity contribution is 0.0981. The van der Waals surface area contributed by atoms with Gasteiger partial charge < -0.3 is 0 Å². The topological polar surface area (TPSA) is 55.7 Å². The SMILES string of the molecule is O=C1CCCCc2nc(-c3cncc(Br)c3)ncc21. The minimum atomic E-state index is 0.159. The lowest BCUT2D eigenvalue weighted by Gasteiger charge is -2.06. The molecule has 5 heteroatoms. The molecular weight excluding hydrogens is 306 g/mol. The second-order valence-corrected chi connectivity index (χ2v) is 5.49. The molecule has 0 radical (unpaired) electrons. The summed E-state index contributed by atoms with van der Waals surface area (Å²) < 4.78 is 0.889. The number of Topliss-reactive ketones (excluding diaryl/α,β-unsaturated/α-hetero) is 1. The van der Waals surface area contributed by atoms with Gasteiger partial charge in [0.25, 0.3) is 0 Å². The Hall–Kier alpha value is -1.62. The average Bonchev–Trinajstić information content (AvgIpc) is 2.60. The molecule has 0 saturated heterocycles. The van der Waals surface area contributed by atoms with Gasteiger partial charge in [0.1, 0.15) is 0 Å². The van der Waals surface area contributed by atoms with Crippen molar-refractivity contribution >= 4 is 21.7 Å². The Balaban J connectivity index is 2.06. The van der Waals surface area contributed by atoms with Crippen molar-refractivity contribution in [2.75, 3.05) is 0 Å². The molecular formula is C14H12BrN3O. The molecule has 1 aliphatic rings. The Morgan fingerprint density at radius 2 is 1.95 bits per heavy atom. The first-order chi connectivity index (χ1) is 9.24. The van der Waals surface area contributed by atoms with Crippen LogP contribution in [0.1, 0.15) is 35.3 Å². The smallest absolute Gasteiger partial charge is 0.166 e. The predicted molar refractivity (Wildman–Crippen MR) is 74.8 cm³/mol. The molecule has 0 aliphatic heterocycles. The van der Waals surface area contributed by atoms with E-state index in [4.69, 9.17) is 0 Å². The molecule has 19 heavy (non-hydrogen) atoms. The fourth-order valence-electron chi connectivity index (χ4n) is 2.23. The van der Waals surface area contributed by atoms with Crippen molar-refractivity contribution in [3.63, 3.8) is 0 Å². The van der Waals surface area contributed by atoms with E-state index >= 15 is 0 Å². The maximum atomic E-state index is 11.9. The summed E-state index contributed by atoms with van der Waals surface area (Å²) in [6.45, 7) is 0. The van der Waals surface area contributed by atoms with Crippen molar-refractivity contribution in [2.45, 2.75) is 25.7 Å². The second-order valence-electron chi connectivity index (χ2n) is 4.58. The van der Waals surface area contributed by atoms with Crippen molar-refractivity contribution in [2.24, 2.45) is 0 Å². The van der Waals surface area contributed by atoms with Gasteiger partial charge in [-0.15, -0.1) is 0 Å². The summed E-state index contributed by atoms with van der Waals surface area (Å²) in [5, 5.41) is 0. The van der Waals surface area contributed by atoms with Crippen LogP contribution in [-0.2, 0) is 6.42 Å². The number of rotatable bonds is 1. The van der Waals surface area contributed by atoms with Crippen LogP contribution in [0.2, 0.25) is 0 Å². The molecule has 0 saturated carbocycles. The van der Waals surface area contributed by atoms with Crippen LogP contribution in [0, 0.1) is 0 Å². The molecule has 2 aromatic rings. The van der Waals surface area contributed by atoms with Gasteiger partial charge in [-0.05, 0) is 41.3 Å². The van der Waals surface area contributed by atoms with Crippen LogP contribution < -0.4 is 0 Å². The number of hydrogen-bond donors (Lipinski definition) is 0. The highest BCUT2D eigenvalue weighted by Gasteiger charge is 2.18. The van der Waals surface area contributed by atoms with Crippen molar-refractivity contribution in [1.82, 2.24) is 15.0 Å². The maximum Gasteiger partial charge on any atom is 0.166 e. The molecule has 0 bridgehead atoms. The predicted octanol–water partition coefficient (Wildman–Crippen LogP) is 3.21. The van der Waals surface area contributed by atoms with Gasteiger partial charge in [-0.25, -0.2) is 9.97 Å². The number of aromatic nitrogens is 3. The Kier molecular flexibility index (Phi) is 3.38. The first-order valence-electron chi connectivity index (χ1n) is 6.24. The van der Waals surface area contributed by atoms with Gasteiger partial charge in [0.2, 0.25) is 0 Å². The summed E-state index contributed by atoms with van der Waals surface area (Å²) in [5.41, 5.74) is 2.41. The van der Waals surface area contributed by atoms with Gasteiger partial charge in [-0.3, -0.25) is 9.78 Å². The van der Waals surface area contributed by atoms with E-state index in [1.54, 1.807) is 18.6 Å². The Bertz CT molecular complexity index is 642. The van der Waals surface area contributed by atoms with Gasteiger partial charge in [0, 0.05) is 35.0 Å². The van der Waals surface area contributed by atoms with E-state index in [0.29, 0.717) is 17.8 Å². The summed E-state index contributed by atoms with van der Waals surface area (Å²) >= 11 is 3.38. The molecule has 0 fully saturated rings. The monoisotopic (exact) mass is 317 g/mol. The number of fused-ring (bicyclic) bond motifs is 1. The highest BCUT2D eigenvalue weighted by Crippen LogP contribution is 2.23. The fraction of sp³-hybridized carbons (Fsp3) is 0.286. The lowest BCUT2D eigenvalue weighted by Crippen LogP contribution is -2.05. The van der Waals surface area contributed by atoms with E-state index in [1.807, 2.05) is 6.07 Å². The van der Waals surface area contributed by atoms with Crippen LogP contribution in [0.3, 0.4) is 0 Å². The maximum absolute atomic E-state index is 11.9. The molecule has 0 aromatic carbocycles. The van der Waals surface area contributed by atoms with Crippen molar-refractivity contribution in [3.05, 3.63) is 40.4 Å². The highest BCUT2D eigenvalue weighted by atomic mass is 79.9. The van der Waals surface area contributed by atoms with Crippen molar-refractivity contribution < 1.29 is 4.79 Å². The van der Waals surface area contributed by atoms with Crippen molar-refractivity contribution in [3.8, 4) is 11.4 Å². The number of nitrogens with zero attached hydrogens (tertiary/aromatic N) is 3. The molecule has 96 valence electrons. The van der Waals surface area contributed by atoms with E-state index in [9.17, 15) is 4.79 Å². The first kappa shape index (κ1) is 12.4. The van der Waals surface area contributed by atoms with Crippen LogP contribution in [0.4, 0.5) is 0 Å². The number of carbonyl (C=O) groups excluding carboxylic acids is 1. The zero-order valence-electron chi connectivity index (χ0n) is 10.3. The number of pyridine rings is 1. The first-order valence-corrected chi connectivity index (χ1v) is 7.03. The van der Waals surface area contributed by atoms with Gasteiger partial charge >= 0.3 is 0 Å². The number of halogens is 1. The third kappa shape index (κ3) is 2.56. The van der Waals surface area contributed by atoms with Gasteiger partial charge in [0.05, 0.1) is 11.3 Å². The summed E-state index contributed by atoms with van der Waals surface area (Å²) in [4.78, 5) is 24.9. The quantitative estimate of drug-likeness (QED) is 0.758. The molecule has 0 N–H and O–H groups in total. The largest absolute Gasteiger partial charge is 0.294 e. The van der Waals surface area contributed by atoms with E-state index in [2.05, 4.69) is 30.9 Å². The fourth-order valence-corrected chi connectivity index (χ4v) is 2.59. The standard InChI is InChI=1S/C14H12BrN3O/c15-10-5-9(6-16-7-10)14-17-8-11-12(18-14)3-1-2-4-13(11)19/h5-8H,1-4H2. The average molecular weight is 318 g/mol. The zero-order valence-corrected chi connectivity index (χ0v) is 11.9. The highest BCUT2D eigenvalue weighted by molar-refractivity contribution is 9.10. The van der Waals surface area contributed by atoms with E-state index in [1.165, 1.54) is 0 Å². The lowest BCUT2D eigenvalue weighted by atomic mass is 10.1. The third-order valence-corrected chi connectivity index (χ3v) is 3.63. The van der Waals surface area contributed by atoms with Gasteiger partial charge in [-0.2, -0.15) is 0 Å². The minimum Gasteiger partial charge on any atom is -0.294 e. The van der Waals surface area contributed by atoms with Crippen LogP contribution in [0.25, 0.3) is 11.4 Å². The van der Waals surface area contributed by atoms with Crippen LogP contribution in [0.15, 0.2) is 29.1 Å². The minimum absolute atomic E-state index is 0.159. The number of aryl methyl sites for hydroxylation is 1. The van der Waals surface area contributed by atoms with Crippen molar-refractivity contribution in [1.29, 1.82) is 0 Å². The Morgan fingerprint density at radius 3 is 2.79 bits per heavy atom. The van der Waals surface area contributed by atoms with Crippen LogP contribution in [0.5, 0.6) is 0 Å². The molecule has 0 unspecified atom stereocenters. The molecule has 0 spiro atoms. The van der Waals surface area contributed by atoms with E-state index in [0.717, 1.165) is 35.0 Å². The molecule has 1 aliphatic carbocycles. The molecule has 0 atom stereocenters. The van der Waals surface area contributed by atoms with E-state index < -0.39 is 0 Å². The molecule has 2 heterocycles. The second kappa shape index (κ2) is 5.17. The molecule has 0 amide bonds. The number of ketones is 1.